The number of rotatable bonds is 6. The lowest BCUT2D eigenvalue weighted by Gasteiger charge is -2.30. The van der Waals surface area contributed by atoms with Gasteiger partial charge in [-0.3, -0.25) is 4.79 Å². The minimum absolute atomic E-state index is 0.158. The topological polar surface area (TPSA) is 49.3 Å². The highest BCUT2D eigenvalue weighted by molar-refractivity contribution is 5.78. The average Bonchev–Trinajstić information content (AvgIpc) is 2.38. The first kappa shape index (κ1) is 14.5. The molecule has 17 heavy (non-hydrogen) atoms. The van der Waals surface area contributed by atoms with Gasteiger partial charge in [0.15, 0.2) is 0 Å². The van der Waals surface area contributed by atoms with Gasteiger partial charge in [0, 0.05) is 19.1 Å². The molecule has 1 fully saturated rings. The number of carbonyl (C=O) groups is 1. The molecule has 0 heterocycles. The van der Waals surface area contributed by atoms with Crippen LogP contribution in [0.3, 0.4) is 0 Å². The molecule has 0 bridgehead atoms. The maximum absolute atomic E-state index is 11.9. The Morgan fingerprint density at radius 2 is 1.82 bits per heavy atom. The molecule has 2 atom stereocenters. The van der Waals surface area contributed by atoms with E-state index in [1.807, 2.05) is 0 Å². The maximum Gasteiger partial charge on any atom is 0.223 e. The summed E-state index contributed by atoms with van der Waals surface area (Å²) in [6, 6.07) is 0. The summed E-state index contributed by atoms with van der Waals surface area (Å²) >= 11 is 0. The second-order valence-electron chi connectivity index (χ2n) is 5.25. The molecule has 0 saturated heterocycles. The first-order chi connectivity index (χ1) is 8.22. The van der Waals surface area contributed by atoms with E-state index < -0.39 is 0 Å². The smallest absolute Gasteiger partial charge is 0.223 e. The molecule has 3 nitrogen and oxygen atoms in total. The molecule has 0 aromatic carbocycles. The van der Waals surface area contributed by atoms with Crippen molar-refractivity contribution in [3.63, 3.8) is 0 Å². The summed E-state index contributed by atoms with van der Waals surface area (Å²) in [5.74, 6) is 1.22. The highest BCUT2D eigenvalue weighted by atomic mass is 16.3. The molecule has 0 aromatic heterocycles. The SMILES string of the molecule is CCC(CC)C(=O)NCC1CCCCC1CO. The molecule has 0 radical (unpaired) electrons. The van der Waals surface area contributed by atoms with Gasteiger partial charge < -0.3 is 10.4 Å². The van der Waals surface area contributed by atoms with Crippen LogP contribution < -0.4 is 5.32 Å². The third-order valence-corrected chi connectivity index (χ3v) is 4.20. The van der Waals surface area contributed by atoms with Crippen molar-refractivity contribution in [2.24, 2.45) is 17.8 Å². The number of aliphatic hydroxyl groups excluding tert-OH is 1. The van der Waals surface area contributed by atoms with E-state index in [4.69, 9.17) is 0 Å². The second kappa shape index (κ2) is 7.70. The van der Waals surface area contributed by atoms with Crippen molar-refractivity contribution >= 4 is 5.91 Å². The van der Waals surface area contributed by atoms with Crippen molar-refractivity contribution in [2.75, 3.05) is 13.2 Å². The van der Waals surface area contributed by atoms with Gasteiger partial charge in [-0.25, -0.2) is 0 Å². The largest absolute Gasteiger partial charge is 0.396 e. The zero-order valence-corrected chi connectivity index (χ0v) is 11.2. The van der Waals surface area contributed by atoms with Gasteiger partial charge in [-0.1, -0.05) is 26.7 Å². The molecular formula is C14H27NO2. The van der Waals surface area contributed by atoms with E-state index in [2.05, 4.69) is 19.2 Å². The molecule has 0 aromatic rings. The fraction of sp³-hybridized carbons (Fsp3) is 0.929. The van der Waals surface area contributed by atoms with Crippen LogP contribution in [0.25, 0.3) is 0 Å². The quantitative estimate of drug-likeness (QED) is 0.750. The van der Waals surface area contributed by atoms with E-state index in [0.717, 1.165) is 32.2 Å². The fourth-order valence-electron chi connectivity index (χ4n) is 2.83. The number of carbonyl (C=O) groups excluding carboxylic acids is 1. The van der Waals surface area contributed by atoms with Gasteiger partial charge in [-0.05, 0) is 37.5 Å². The number of hydrogen-bond donors (Lipinski definition) is 2. The van der Waals surface area contributed by atoms with Gasteiger partial charge in [-0.15, -0.1) is 0 Å². The standard InChI is InChI=1S/C14H27NO2/c1-3-11(4-2)14(17)15-9-12-7-5-6-8-13(12)10-16/h11-13,16H,3-10H2,1-2H3,(H,15,17). The van der Waals surface area contributed by atoms with Crippen molar-refractivity contribution in [3.05, 3.63) is 0 Å². The summed E-state index contributed by atoms with van der Waals surface area (Å²) in [7, 11) is 0. The monoisotopic (exact) mass is 241 g/mol. The van der Waals surface area contributed by atoms with E-state index >= 15 is 0 Å². The van der Waals surface area contributed by atoms with E-state index in [1.54, 1.807) is 0 Å². The second-order valence-corrected chi connectivity index (χ2v) is 5.25. The molecule has 0 aliphatic heterocycles. The van der Waals surface area contributed by atoms with Gasteiger partial charge in [0.2, 0.25) is 5.91 Å². The molecule has 1 amide bonds. The normalized spacial score (nSPS) is 24.9. The molecule has 100 valence electrons. The minimum atomic E-state index is 0.158. The van der Waals surface area contributed by atoms with Gasteiger partial charge >= 0.3 is 0 Å². The first-order valence-electron chi connectivity index (χ1n) is 7.11. The van der Waals surface area contributed by atoms with Crippen molar-refractivity contribution in [1.29, 1.82) is 0 Å². The molecule has 1 aliphatic carbocycles. The molecule has 2 N–H and O–H groups in total. The van der Waals surface area contributed by atoms with Gasteiger partial charge in [0.05, 0.1) is 0 Å². The predicted octanol–water partition coefficient (Wildman–Crippen LogP) is 2.34. The van der Waals surface area contributed by atoms with Crippen LogP contribution >= 0.6 is 0 Å². The lowest BCUT2D eigenvalue weighted by atomic mass is 9.79. The highest BCUT2D eigenvalue weighted by Crippen LogP contribution is 2.29. The summed E-state index contributed by atoms with van der Waals surface area (Å²) in [5, 5.41) is 12.4. The van der Waals surface area contributed by atoms with Crippen LogP contribution in [0.5, 0.6) is 0 Å². The van der Waals surface area contributed by atoms with E-state index in [1.165, 1.54) is 12.8 Å². The Labute approximate surface area is 105 Å². The number of aliphatic hydroxyl groups is 1. The Bertz CT molecular complexity index is 226. The molecular weight excluding hydrogens is 214 g/mol. The van der Waals surface area contributed by atoms with Crippen LogP contribution in [-0.4, -0.2) is 24.2 Å². The van der Waals surface area contributed by atoms with Crippen LogP contribution in [0.1, 0.15) is 52.4 Å². The number of hydrogen-bond acceptors (Lipinski definition) is 2. The zero-order chi connectivity index (χ0) is 12.7. The first-order valence-corrected chi connectivity index (χ1v) is 7.11. The summed E-state index contributed by atoms with van der Waals surface area (Å²) in [5.41, 5.74) is 0. The summed E-state index contributed by atoms with van der Waals surface area (Å²) < 4.78 is 0. The van der Waals surface area contributed by atoms with Crippen molar-refractivity contribution in [1.82, 2.24) is 5.32 Å². The third kappa shape index (κ3) is 4.30. The lowest BCUT2D eigenvalue weighted by molar-refractivity contribution is -0.125. The summed E-state index contributed by atoms with van der Waals surface area (Å²) in [6.07, 6.45) is 6.55. The summed E-state index contributed by atoms with van der Waals surface area (Å²) in [6.45, 7) is 5.14. The van der Waals surface area contributed by atoms with Gasteiger partial charge in [0.1, 0.15) is 0 Å². The Morgan fingerprint density at radius 3 is 2.35 bits per heavy atom. The van der Waals surface area contributed by atoms with Crippen LogP contribution in [0, 0.1) is 17.8 Å². The van der Waals surface area contributed by atoms with Crippen LogP contribution in [-0.2, 0) is 4.79 Å². The molecule has 2 unspecified atom stereocenters. The molecule has 1 saturated carbocycles. The summed E-state index contributed by atoms with van der Waals surface area (Å²) in [4.78, 5) is 11.9. The molecule has 1 aliphatic rings. The van der Waals surface area contributed by atoms with Gasteiger partial charge in [0.25, 0.3) is 0 Å². The van der Waals surface area contributed by atoms with Crippen molar-refractivity contribution in [3.8, 4) is 0 Å². The lowest BCUT2D eigenvalue weighted by Crippen LogP contribution is -2.38. The maximum atomic E-state index is 11.9. The highest BCUT2D eigenvalue weighted by Gasteiger charge is 2.25. The van der Waals surface area contributed by atoms with Gasteiger partial charge in [-0.2, -0.15) is 0 Å². The Morgan fingerprint density at radius 1 is 1.24 bits per heavy atom. The average molecular weight is 241 g/mol. The Balaban J connectivity index is 2.35. The Hall–Kier alpha value is -0.570. The Kier molecular flexibility index (Phi) is 6.56. The van der Waals surface area contributed by atoms with E-state index in [-0.39, 0.29) is 18.4 Å². The number of nitrogens with one attached hydrogen (secondary N) is 1. The predicted molar refractivity (Wildman–Crippen MR) is 69.6 cm³/mol. The zero-order valence-electron chi connectivity index (χ0n) is 11.2. The molecule has 0 spiro atoms. The van der Waals surface area contributed by atoms with E-state index in [0.29, 0.717) is 11.8 Å². The fourth-order valence-corrected chi connectivity index (χ4v) is 2.83. The van der Waals surface area contributed by atoms with Crippen LogP contribution in [0.15, 0.2) is 0 Å². The molecule has 3 heteroatoms. The molecule has 1 rings (SSSR count). The van der Waals surface area contributed by atoms with Crippen LogP contribution in [0.2, 0.25) is 0 Å². The third-order valence-electron chi connectivity index (χ3n) is 4.20. The van der Waals surface area contributed by atoms with Crippen LogP contribution in [0.4, 0.5) is 0 Å². The minimum Gasteiger partial charge on any atom is -0.396 e. The van der Waals surface area contributed by atoms with Crippen molar-refractivity contribution in [2.45, 2.75) is 52.4 Å². The van der Waals surface area contributed by atoms with Crippen molar-refractivity contribution < 1.29 is 9.90 Å². The van der Waals surface area contributed by atoms with E-state index in [9.17, 15) is 9.90 Å². The number of amides is 1.